The maximum absolute atomic E-state index is 8.89. The number of hydrogen-bond donors (Lipinski definition) is 0. The van der Waals surface area contributed by atoms with Crippen LogP contribution in [0.3, 0.4) is 0 Å². The second-order valence-corrected chi connectivity index (χ2v) is 4.87. The standard InChI is InChI=1S/C12H23N3/c1-4-11(7-13)8-15(3)10-12-5-6-14(2)9-12/h11-12H,4-6,8-10H2,1-3H3. The van der Waals surface area contributed by atoms with Gasteiger partial charge >= 0.3 is 0 Å². The molecule has 0 aromatic heterocycles. The van der Waals surface area contributed by atoms with Gasteiger partial charge in [-0.1, -0.05) is 6.92 Å². The van der Waals surface area contributed by atoms with Crippen LogP contribution in [0.1, 0.15) is 19.8 Å². The van der Waals surface area contributed by atoms with Gasteiger partial charge in [0.15, 0.2) is 0 Å². The summed E-state index contributed by atoms with van der Waals surface area (Å²) in [6, 6.07) is 2.36. The van der Waals surface area contributed by atoms with Crippen LogP contribution in [0.15, 0.2) is 0 Å². The van der Waals surface area contributed by atoms with Crippen molar-refractivity contribution in [1.82, 2.24) is 9.80 Å². The Kier molecular flexibility index (Phi) is 5.07. The van der Waals surface area contributed by atoms with Crippen molar-refractivity contribution in [3.05, 3.63) is 0 Å². The smallest absolute Gasteiger partial charge is 0.0669 e. The van der Waals surface area contributed by atoms with Gasteiger partial charge < -0.3 is 9.80 Å². The normalized spacial score (nSPS) is 24.3. The highest BCUT2D eigenvalue weighted by molar-refractivity contribution is 4.84. The minimum atomic E-state index is 0.203. The average Bonchev–Trinajstić information content (AvgIpc) is 2.60. The van der Waals surface area contributed by atoms with E-state index < -0.39 is 0 Å². The van der Waals surface area contributed by atoms with E-state index in [1.54, 1.807) is 0 Å². The Balaban J connectivity index is 2.24. The quantitative estimate of drug-likeness (QED) is 0.686. The molecular formula is C12H23N3. The molecular weight excluding hydrogens is 186 g/mol. The van der Waals surface area contributed by atoms with Gasteiger partial charge in [-0.15, -0.1) is 0 Å². The molecule has 2 atom stereocenters. The summed E-state index contributed by atoms with van der Waals surface area (Å²) in [7, 11) is 4.32. The van der Waals surface area contributed by atoms with Crippen LogP contribution in [0.5, 0.6) is 0 Å². The Hall–Kier alpha value is -0.590. The first kappa shape index (κ1) is 12.5. The summed E-state index contributed by atoms with van der Waals surface area (Å²) >= 11 is 0. The van der Waals surface area contributed by atoms with Crippen molar-refractivity contribution in [3.8, 4) is 6.07 Å². The van der Waals surface area contributed by atoms with Crippen LogP contribution in [0.4, 0.5) is 0 Å². The average molecular weight is 209 g/mol. The lowest BCUT2D eigenvalue weighted by Crippen LogP contribution is -2.31. The van der Waals surface area contributed by atoms with Crippen molar-refractivity contribution >= 4 is 0 Å². The second-order valence-electron chi connectivity index (χ2n) is 4.87. The van der Waals surface area contributed by atoms with E-state index >= 15 is 0 Å². The molecule has 1 heterocycles. The predicted octanol–water partition coefficient (Wildman–Crippen LogP) is 1.42. The van der Waals surface area contributed by atoms with Gasteiger partial charge in [-0.25, -0.2) is 0 Å². The maximum atomic E-state index is 8.89. The minimum Gasteiger partial charge on any atom is -0.306 e. The van der Waals surface area contributed by atoms with Gasteiger partial charge in [-0.2, -0.15) is 5.26 Å². The Morgan fingerprint density at radius 2 is 2.33 bits per heavy atom. The Bertz CT molecular complexity index is 221. The van der Waals surface area contributed by atoms with Crippen LogP contribution < -0.4 is 0 Å². The summed E-state index contributed by atoms with van der Waals surface area (Å²) < 4.78 is 0. The summed E-state index contributed by atoms with van der Waals surface area (Å²) in [5, 5.41) is 8.89. The molecule has 1 aliphatic heterocycles. The highest BCUT2D eigenvalue weighted by atomic mass is 15.1. The number of hydrogen-bond acceptors (Lipinski definition) is 3. The number of nitrogens with zero attached hydrogens (tertiary/aromatic N) is 3. The number of rotatable bonds is 5. The van der Waals surface area contributed by atoms with Crippen molar-refractivity contribution in [3.63, 3.8) is 0 Å². The third kappa shape index (κ3) is 4.19. The van der Waals surface area contributed by atoms with Gasteiger partial charge in [0.05, 0.1) is 12.0 Å². The molecule has 0 spiro atoms. The SMILES string of the molecule is CCC(C#N)CN(C)CC1CCN(C)C1. The summed E-state index contributed by atoms with van der Waals surface area (Å²) in [6.45, 7) is 6.60. The predicted molar refractivity (Wildman–Crippen MR) is 62.5 cm³/mol. The molecule has 15 heavy (non-hydrogen) atoms. The third-order valence-electron chi connectivity index (χ3n) is 3.27. The van der Waals surface area contributed by atoms with Gasteiger partial charge in [-0.05, 0) is 39.4 Å². The van der Waals surface area contributed by atoms with Crippen molar-refractivity contribution in [1.29, 1.82) is 5.26 Å². The Morgan fingerprint density at radius 3 is 2.80 bits per heavy atom. The number of likely N-dealkylation sites (tertiary alicyclic amines) is 1. The van der Waals surface area contributed by atoms with E-state index in [0.717, 1.165) is 25.4 Å². The van der Waals surface area contributed by atoms with Crippen molar-refractivity contribution < 1.29 is 0 Å². The summed E-state index contributed by atoms with van der Waals surface area (Å²) in [5.74, 6) is 1.00. The lowest BCUT2D eigenvalue weighted by atomic mass is 10.1. The molecule has 0 bridgehead atoms. The molecule has 1 saturated heterocycles. The van der Waals surface area contributed by atoms with Crippen molar-refractivity contribution in [2.45, 2.75) is 19.8 Å². The van der Waals surface area contributed by atoms with Gasteiger partial charge in [0.1, 0.15) is 0 Å². The summed E-state index contributed by atoms with van der Waals surface area (Å²) in [6.07, 6.45) is 2.27. The highest BCUT2D eigenvalue weighted by Gasteiger charge is 2.21. The van der Waals surface area contributed by atoms with Crippen molar-refractivity contribution in [2.75, 3.05) is 40.3 Å². The zero-order valence-electron chi connectivity index (χ0n) is 10.2. The van der Waals surface area contributed by atoms with Gasteiger partial charge in [0, 0.05) is 19.6 Å². The van der Waals surface area contributed by atoms with Crippen LogP contribution in [0.2, 0.25) is 0 Å². The minimum absolute atomic E-state index is 0.203. The largest absolute Gasteiger partial charge is 0.306 e. The molecule has 0 amide bonds. The van der Waals surface area contributed by atoms with E-state index in [9.17, 15) is 0 Å². The molecule has 2 unspecified atom stereocenters. The molecule has 0 N–H and O–H groups in total. The monoisotopic (exact) mass is 209 g/mol. The molecule has 1 fully saturated rings. The molecule has 0 saturated carbocycles. The second kappa shape index (κ2) is 6.09. The third-order valence-corrected chi connectivity index (χ3v) is 3.27. The van der Waals surface area contributed by atoms with E-state index in [-0.39, 0.29) is 5.92 Å². The molecule has 0 aliphatic carbocycles. The highest BCUT2D eigenvalue weighted by Crippen LogP contribution is 2.15. The van der Waals surface area contributed by atoms with Crippen LogP contribution in [0, 0.1) is 23.2 Å². The maximum Gasteiger partial charge on any atom is 0.0669 e. The molecule has 0 aromatic rings. The lowest BCUT2D eigenvalue weighted by molar-refractivity contribution is 0.252. The fourth-order valence-electron chi connectivity index (χ4n) is 2.33. The topological polar surface area (TPSA) is 30.3 Å². The summed E-state index contributed by atoms with van der Waals surface area (Å²) in [4.78, 5) is 4.71. The lowest BCUT2D eigenvalue weighted by Gasteiger charge is -2.22. The zero-order valence-corrected chi connectivity index (χ0v) is 10.2. The molecule has 1 rings (SSSR count). The first-order chi connectivity index (χ1) is 7.15. The molecule has 3 heteroatoms. The Labute approximate surface area is 93.7 Å². The zero-order chi connectivity index (χ0) is 11.3. The number of nitriles is 1. The molecule has 86 valence electrons. The van der Waals surface area contributed by atoms with Crippen LogP contribution in [-0.4, -0.2) is 50.1 Å². The molecule has 1 aliphatic rings. The van der Waals surface area contributed by atoms with Crippen LogP contribution in [0.25, 0.3) is 0 Å². The fourth-order valence-corrected chi connectivity index (χ4v) is 2.33. The van der Waals surface area contributed by atoms with Crippen molar-refractivity contribution in [2.24, 2.45) is 11.8 Å². The molecule has 0 aromatic carbocycles. The van der Waals surface area contributed by atoms with E-state index in [1.165, 1.54) is 19.5 Å². The first-order valence-electron chi connectivity index (χ1n) is 5.92. The van der Waals surface area contributed by atoms with E-state index in [4.69, 9.17) is 5.26 Å². The van der Waals surface area contributed by atoms with Gasteiger partial charge in [-0.3, -0.25) is 0 Å². The van der Waals surface area contributed by atoms with Crippen LogP contribution in [-0.2, 0) is 0 Å². The molecule has 3 nitrogen and oxygen atoms in total. The first-order valence-corrected chi connectivity index (χ1v) is 5.92. The van der Waals surface area contributed by atoms with Gasteiger partial charge in [0.2, 0.25) is 0 Å². The van der Waals surface area contributed by atoms with Crippen LogP contribution >= 0.6 is 0 Å². The fraction of sp³-hybridized carbons (Fsp3) is 0.917. The van der Waals surface area contributed by atoms with E-state index in [0.29, 0.717) is 0 Å². The molecule has 0 radical (unpaired) electrons. The van der Waals surface area contributed by atoms with E-state index in [1.807, 2.05) is 0 Å². The Morgan fingerprint density at radius 1 is 1.60 bits per heavy atom. The van der Waals surface area contributed by atoms with E-state index in [2.05, 4.69) is 36.9 Å². The van der Waals surface area contributed by atoms with Gasteiger partial charge in [0.25, 0.3) is 0 Å². The summed E-state index contributed by atoms with van der Waals surface area (Å²) in [5.41, 5.74) is 0.